The minimum absolute atomic E-state index is 0.0537. The van der Waals surface area contributed by atoms with E-state index in [2.05, 4.69) is 31.6 Å². The molecule has 4 aromatic rings. The van der Waals surface area contributed by atoms with E-state index >= 15 is 0 Å². The van der Waals surface area contributed by atoms with Crippen molar-refractivity contribution in [3.05, 3.63) is 56.6 Å². The summed E-state index contributed by atoms with van der Waals surface area (Å²) in [6.07, 6.45) is 9.03. The summed E-state index contributed by atoms with van der Waals surface area (Å²) < 4.78 is 3.96. The zero-order chi connectivity index (χ0) is 24.4. The van der Waals surface area contributed by atoms with Gasteiger partial charge in [-0.05, 0) is 39.3 Å². The molecule has 0 bridgehead atoms. The third-order valence-electron chi connectivity index (χ3n) is 6.03. The van der Waals surface area contributed by atoms with Crippen LogP contribution in [0.15, 0.2) is 33.9 Å². The third kappa shape index (κ3) is 3.84. The zero-order valence-electron chi connectivity index (χ0n) is 19.7. The van der Waals surface area contributed by atoms with Gasteiger partial charge in [-0.3, -0.25) is 13.9 Å². The number of rotatable bonds is 3. The molecule has 0 unspecified atom stereocenters. The van der Waals surface area contributed by atoms with Gasteiger partial charge in [0.05, 0.1) is 12.1 Å². The average Bonchev–Trinajstić information content (AvgIpc) is 3.27. The van der Waals surface area contributed by atoms with Crippen molar-refractivity contribution in [3.63, 3.8) is 0 Å². The number of piperidine rings is 1. The Bertz CT molecular complexity index is 1520. The number of terminal acetylenes is 1. The molecule has 0 radical (unpaired) electrons. The maximum absolute atomic E-state index is 13.4. The van der Waals surface area contributed by atoms with Crippen LogP contribution >= 0.6 is 0 Å². The zero-order valence-corrected chi connectivity index (χ0v) is 19.7. The van der Waals surface area contributed by atoms with Crippen LogP contribution in [0.5, 0.6) is 0 Å². The Morgan fingerprint density at radius 1 is 1.06 bits per heavy atom. The summed E-state index contributed by atoms with van der Waals surface area (Å²) in [6.45, 7) is 3.46. The van der Waals surface area contributed by atoms with Crippen molar-refractivity contribution in [2.45, 2.75) is 32.7 Å². The first-order valence-corrected chi connectivity index (χ1v) is 11.2. The molecule has 4 heterocycles. The van der Waals surface area contributed by atoms with Crippen molar-refractivity contribution >= 4 is 28.0 Å². The second-order valence-corrected chi connectivity index (χ2v) is 8.07. The number of nitrogens with zero attached hydrogens (tertiary/aromatic N) is 7. The lowest BCUT2D eigenvalue weighted by atomic mass is 10.1. The molecule has 0 atom stereocenters. The largest absolute Gasteiger partial charge is 0.341 e. The lowest BCUT2D eigenvalue weighted by molar-refractivity contribution is 0.567. The van der Waals surface area contributed by atoms with Gasteiger partial charge in [-0.1, -0.05) is 24.6 Å². The standard InChI is InChI=1S/C23H23N7O2.CH5N/c1-4-29-19-20(26-22(29)28-12-8-5-9-13-28)27(3)23(32)30(21(19)31)14-18-24-15(2)16-10-6-7-11-17(16)25-18;1-2/h1,6-7,10-11H,5,8-9,12-14H2,2-3H3;2H2,1H3. The topological polar surface area (TPSA) is 117 Å². The number of fused-ring (bicyclic) bond motifs is 2. The van der Waals surface area contributed by atoms with E-state index in [4.69, 9.17) is 6.42 Å². The number of hydrogen-bond donors (Lipinski definition) is 1. The van der Waals surface area contributed by atoms with Gasteiger partial charge in [0.2, 0.25) is 5.95 Å². The van der Waals surface area contributed by atoms with Crippen molar-refractivity contribution in [1.82, 2.24) is 28.7 Å². The molecule has 5 rings (SSSR count). The highest BCUT2D eigenvalue weighted by atomic mass is 16.2. The van der Waals surface area contributed by atoms with Gasteiger partial charge in [0.25, 0.3) is 5.56 Å². The van der Waals surface area contributed by atoms with Gasteiger partial charge in [-0.25, -0.2) is 19.3 Å². The number of aromatic nitrogens is 6. The number of anilines is 1. The van der Waals surface area contributed by atoms with Crippen molar-refractivity contribution in [1.29, 1.82) is 0 Å². The molecule has 34 heavy (non-hydrogen) atoms. The van der Waals surface area contributed by atoms with Gasteiger partial charge in [0, 0.05) is 37.3 Å². The Morgan fingerprint density at radius 2 is 1.76 bits per heavy atom. The van der Waals surface area contributed by atoms with Crippen LogP contribution in [0.3, 0.4) is 0 Å². The van der Waals surface area contributed by atoms with E-state index in [1.54, 1.807) is 7.05 Å². The summed E-state index contributed by atoms with van der Waals surface area (Å²) in [5.41, 5.74) is 5.58. The molecule has 1 aliphatic rings. The van der Waals surface area contributed by atoms with Crippen LogP contribution in [-0.2, 0) is 13.6 Å². The lowest BCUT2D eigenvalue weighted by Crippen LogP contribution is -2.40. The highest BCUT2D eigenvalue weighted by molar-refractivity contribution is 5.80. The number of imidazole rings is 1. The van der Waals surface area contributed by atoms with Crippen molar-refractivity contribution < 1.29 is 0 Å². The molecule has 0 saturated carbocycles. The normalized spacial score (nSPS) is 13.6. The summed E-state index contributed by atoms with van der Waals surface area (Å²) in [6, 6.07) is 10.2. The first kappa shape index (κ1) is 23.2. The molecular formula is C24H28N8O2. The predicted molar refractivity (Wildman–Crippen MR) is 133 cm³/mol. The number of hydrogen-bond acceptors (Lipinski definition) is 7. The maximum Gasteiger partial charge on any atom is 0.332 e. The molecule has 10 heteroatoms. The first-order chi connectivity index (χ1) is 16.5. The summed E-state index contributed by atoms with van der Waals surface area (Å²) in [7, 11) is 3.10. The van der Waals surface area contributed by atoms with Crippen molar-refractivity contribution in [2.24, 2.45) is 12.8 Å². The van der Waals surface area contributed by atoms with Crippen LogP contribution in [0.4, 0.5) is 5.95 Å². The highest BCUT2D eigenvalue weighted by Crippen LogP contribution is 2.22. The first-order valence-electron chi connectivity index (χ1n) is 11.2. The Hall–Kier alpha value is -3.97. The maximum atomic E-state index is 13.4. The Labute approximate surface area is 196 Å². The molecule has 3 aromatic heterocycles. The quantitative estimate of drug-likeness (QED) is 0.457. The Morgan fingerprint density at radius 3 is 2.47 bits per heavy atom. The van der Waals surface area contributed by atoms with Gasteiger partial charge in [-0.15, -0.1) is 0 Å². The summed E-state index contributed by atoms with van der Waals surface area (Å²) in [5, 5.41) is 0.934. The Balaban J connectivity index is 0.00000133. The molecule has 1 aliphatic heterocycles. The van der Waals surface area contributed by atoms with Crippen LogP contribution in [0, 0.1) is 19.4 Å². The van der Waals surface area contributed by atoms with Gasteiger partial charge < -0.3 is 10.6 Å². The van der Waals surface area contributed by atoms with Crippen molar-refractivity contribution in [3.8, 4) is 12.5 Å². The summed E-state index contributed by atoms with van der Waals surface area (Å²) in [5.74, 6) is 0.924. The minimum atomic E-state index is -0.494. The number of nitrogens with two attached hydrogens (primary N) is 1. The predicted octanol–water partition coefficient (Wildman–Crippen LogP) is 1.20. The van der Waals surface area contributed by atoms with Crippen LogP contribution in [0.1, 0.15) is 30.8 Å². The smallest absolute Gasteiger partial charge is 0.332 e. The molecule has 176 valence electrons. The monoisotopic (exact) mass is 460 g/mol. The van der Waals surface area contributed by atoms with Gasteiger partial charge in [0.15, 0.2) is 11.2 Å². The lowest BCUT2D eigenvalue weighted by Gasteiger charge is -2.26. The molecule has 0 aliphatic carbocycles. The molecule has 1 aromatic carbocycles. The van der Waals surface area contributed by atoms with E-state index in [0.29, 0.717) is 11.8 Å². The van der Waals surface area contributed by atoms with E-state index in [1.807, 2.05) is 31.2 Å². The third-order valence-corrected chi connectivity index (χ3v) is 6.03. The van der Waals surface area contributed by atoms with Crippen LogP contribution in [-0.4, -0.2) is 48.8 Å². The molecule has 10 nitrogen and oxygen atoms in total. The fraction of sp³-hybridized carbons (Fsp3) is 0.375. The van der Waals surface area contributed by atoms with Crippen molar-refractivity contribution in [2.75, 3.05) is 25.0 Å². The molecule has 1 fully saturated rings. The van der Waals surface area contributed by atoms with Crippen LogP contribution in [0.2, 0.25) is 0 Å². The molecular weight excluding hydrogens is 432 g/mol. The van der Waals surface area contributed by atoms with E-state index in [1.165, 1.54) is 16.2 Å². The van der Waals surface area contributed by atoms with Crippen LogP contribution in [0.25, 0.3) is 22.1 Å². The number of aryl methyl sites for hydroxylation is 2. The van der Waals surface area contributed by atoms with E-state index in [0.717, 1.165) is 53.5 Å². The minimum Gasteiger partial charge on any atom is -0.341 e. The van der Waals surface area contributed by atoms with E-state index < -0.39 is 11.2 Å². The molecule has 2 N–H and O–H groups in total. The Kier molecular flexibility index (Phi) is 6.47. The van der Waals surface area contributed by atoms with Crippen LogP contribution < -0.4 is 21.9 Å². The van der Waals surface area contributed by atoms with Gasteiger partial charge in [0.1, 0.15) is 5.82 Å². The van der Waals surface area contributed by atoms with E-state index in [9.17, 15) is 9.59 Å². The second-order valence-electron chi connectivity index (χ2n) is 8.07. The number of para-hydroxylation sites is 1. The van der Waals surface area contributed by atoms with Gasteiger partial charge >= 0.3 is 5.69 Å². The average molecular weight is 461 g/mol. The summed E-state index contributed by atoms with van der Waals surface area (Å²) >= 11 is 0. The fourth-order valence-electron chi connectivity index (χ4n) is 4.38. The van der Waals surface area contributed by atoms with E-state index in [-0.39, 0.29) is 17.7 Å². The summed E-state index contributed by atoms with van der Waals surface area (Å²) in [4.78, 5) is 42.3. The molecule has 1 saturated heterocycles. The van der Waals surface area contributed by atoms with Gasteiger partial charge in [-0.2, -0.15) is 4.98 Å². The molecule has 0 spiro atoms. The SMILES string of the molecule is C#Cn1c(N2CCCCC2)nc2c1c(=O)n(Cc1nc(C)c3ccccc3n1)c(=O)n2C.CN. The molecule has 0 amide bonds. The highest BCUT2D eigenvalue weighted by Gasteiger charge is 2.24. The number of benzene rings is 1. The second kappa shape index (κ2) is 9.49. The fourth-order valence-corrected chi connectivity index (χ4v) is 4.38.